The molecular weight excluding hydrogens is 438 g/mol. The molecule has 0 aliphatic carbocycles. The Labute approximate surface area is 186 Å². The fourth-order valence-corrected chi connectivity index (χ4v) is 4.93. The largest absolute Gasteiger partial charge is 0.487 e. The van der Waals surface area contributed by atoms with Crippen LogP contribution in [0.5, 0.6) is 5.75 Å². The molecule has 0 saturated heterocycles. The number of carbonyl (C=O) groups is 1. The van der Waals surface area contributed by atoms with E-state index in [0.29, 0.717) is 16.5 Å². The Hall–Kier alpha value is -3.03. The molecule has 1 N–H and O–H groups in total. The third-order valence-corrected chi connectivity index (χ3v) is 6.76. The molecule has 0 unspecified atom stereocenters. The van der Waals surface area contributed by atoms with E-state index in [4.69, 9.17) is 21.4 Å². The van der Waals surface area contributed by atoms with Crippen LogP contribution >= 0.6 is 11.6 Å². The lowest BCUT2D eigenvalue weighted by molar-refractivity contribution is 0.0697. The molecule has 0 radical (unpaired) electrons. The number of sulfonamides is 1. The van der Waals surface area contributed by atoms with E-state index >= 15 is 0 Å². The molecular formula is C23H22ClNO5S. The lowest BCUT2D eigenvalue weighted by Crippen LogP contribution is -2.37. The second-order valence-corrected chi connectivity index (χ2v) is 9.36. The summed E-state index contributed by atoms with van der Waals surface area (Å²) in [5, 5.41) is 9.40. The first kappa shape index (κ1) is 22.7. The third-order valence-electron chi connectivity index (χ3n) is 4.52. The van der Waals surface area contributed by atoms with E-state index in [1.54, 1.807) is 74.5 Å². The quantitative estimate of drug-likeness (QED) is 0.499. The zero-order valence-electron chi connectivity index (χ0n) is 17.0. The highest BCUT2D eigenvalue weighted by atomic mass is 35.5. The van der Waals surface area contributed by atoms with E-state index in [1.165, 1.54) is 16.4 Å². The van der Waals surface area contributed by atoms with Crippen molar-refractivity contribution in [2.75, 3.05) is 4.31 Å². The summed E-state index contributed by atoms with van der Waals surface area (Å²) in [4.78, 5) is 11.2. The van der Waals surface area contributed by atoms with Crippen LogP contribution in [-0.4, -0.2) is 25.5 Å². The minimum atomic E-state index is -3.86. The van der Waals surface area contributed by atoms with E-state index in [-0.39, 0.29) is 17.1 Å². The first-order valence-electron chi connectivity index (χ1n) is 9.54. The number of ether oxygens (including phenoxy) is 1. The molecule has 3 rings (SSSR count). The maximum atomic E-state index is 13.4. The number of carboxylic acid groups (broad SMARTS) is 1. The van der Waals surface area contributed by atoms with Crippen molar-refractivity contribution in [3.63, 3.8) is 0 Å². The molecule has 6 nitrogen and oxygen atoms in total. The van der Waals surface area contributed by atoms with Crippen molar-refractivity contribution < 1.29 is 23.1 Å². The molecule has 31 heavy (non-hydrogen) atoms. The zero-order valence-corrected chi connectivity index (χ0v) is 18.6. The Balaban J connectivity index is 1.96. The van der Waals surface area contributed by atoms with Gasteiger partial charge in [0.1, 0.15) is 12.4 Å². The molecule has 0 fully saturated rings. The number of rotatable bonds is 8. The SMILES string of the molecule is CC(C)N(c1cc(Cl)ccc1OCc1ccc(C(=O)O)cc1)S(=O)(=O)c1ccccc1. The van der Waals surface area contributed by atoms with E-state index in [0.717, 1.165) is 5.56 Å². The van der Waals surface area contributed by atoms with Gasteiger partial charge in [-0.25, -0.2) is 13.2 Å². The van der Waals surface area contributed by atoms with Crippen LogP contribution < -0.4 is 9.04 Å². The highest BCUT2D eigenvalue weighted by Crippen LogP contribution is 2.36. The van der Waals surface area contributed by atoms with Crippen molar-refractivity contribution >= 4 is 33.3 Å². The number of anilines is 1. The number of hydrogen-bond donors (Lipinski definition) is 1. The highest BCUT2D eigenvalue weighted by Gasteiger charge is 2.30. The van der Waals surface area contributed by atoms with Crippen LogP contribution in [0.2, 0.25) is 5.02 Å². The summed E-state index contributed by atoms with van der Waals surface area (Å²) in [5.74, 6) is -0.661. The maximum absolute atomic E-state index is 13.4. The zero-order chi connectivity index (χ0) is 22.6. The van der Waals surface area contributed by atoms with Gasteiger partial charge in [0.15, 0.2) is 0 Å². The van der Waals surface area contributed by atoms with Crippen molar-refractivity contribution in [2.24, 2.45) is 0 Å². The fourth-order valence-electron chi connectivity index (χ4n) is 3.08. The van der Waals surface area contributed by atoms with Gasteiger partial charge in [-0.3, -0.25) is 4.31 Å². The number of benzene rings is 3. The first-order chi connectivity index (χ1) is 14.7. The predicted molar refractivity (Wildman–Crippen MR) is 120 cm³/mol. The maximum Gasteiger partial charge on any atom is 0.335 e. The van der Waals surface area contributed by atoms with Crippen molar-refractivity contribution in [3.05, 3.63) is 88.9 Å². The van der Waals surface area contributed by atoms with Crippen molar-refractivity contribution in [1.82, 2.24) is 0 Å². The summed E-state index contributed by atoms with van der Waals surface area (Å²) in [6.45, 7) is 3.68. The molecule has 0 amide bonds. The summed E-state index contributed by atoms with van der Waals surface area (Å²) in [6.07, 6.45) is 0. The lowest BCUT2D eigenvalue weighted by Gasteiger charge is -2.30. The van der Waals surface area contributed by atoms with Gasteiger partial charge in [0.2, 0.25) is 0 Å². The van der Waals surface area contributed by atoms with E-state index in [2.05, 4.69) is 0 Å². The van der Waals surface area contributed by atoms with Crippen LogP contribution in [0.25, 0.3) is 0 Å². The van der Waals surface area contributed by atoms with Gasteiger partial charge in [0.25, 0.3) is 10.0 Å². The Morgan fingerprint density at radius 1 is 1.03 bits per heavy atom. The third kappa shape index (κ3) is 5.18. The standard InChI is InChI=1S/C23H22ClNO5S/c1-16(2)25(31(28,29)20-6-4-3-5-7-20)21-14-19(24)12-13-22(21)30-15-17-8-10-18(11-9-17)23(26)27/h3-14,16H,15H2,1-2H3,(H,26,27). The second-order valence-electron chi connectivity index (χ2n) is 7.11. The Morgan fingerprint density at radius 2 is 1.68 bits per heavy atom. The van der Waals surface area contributed by atoms with Crippen LogP contribution in [0, 0.1) is 0 Å². The number of halogens is 1. The Bertz CT molecular complexity index is 1160. The first-order valence-corrected chi connectivity index (χ1v) is 11.4. The van der Waals surface area contributed by atoms with Gasteiger partial charge < -0.3 is 9.84 Å². The summed E-state index contributed by atoms with van der Waals surface area (Å²) >= 11 is 6.19. The van der Waals surface area contributed by atoms with Crippen molar-refractivity contribution in [2.45, 2.75) is 31.4 Å². The van der Waals surface area contributed by atoms with Crippen LogP contribution in [0.15, 0.2) is 77.7 Å². The van der Waals surface area contributed by atoms with E-state index in [9.17, 15) is 13.2 Å². The molecule has 3 aromatic carbocycles. The number of aromatic carboxylic acids is 1. The molecule has 8 heteroatoms. The fraction of sp³-hybridized carbons (Fsp3) is 0.174. The normalized spacial score (nSPS) is 11.4. The molecule has 0 spiro atoms. The number of nitrogens with zero attached hydrogens (tertiary/aromatic N) is 1. The number of carboxylic acids is 1. The molecule has 3 aromatic rings. The van der Waals surface area contributed by atoms with Gasteiger partial charge in [-0.2, -0.15) is 0 Å². The van der Waals surface area contributed by atoms with Gasteiger partial charge in [-0.1, -0.05) is 41.9 Å². The minimum Gasteiger partial charge on any atom is -0.487 e. The monoisotopic (exact) mass is 459 g/mol. The molecule has 0 aliphatic rings. The lowest BCUT2D eigenvalue weighted by atomic mass is 10.1. The minimum absolute atomic E-state index is 0.131. The summed E-state index contributed by atoms with van der Waals surface area (Å²) in [7, 11) is -3.86. The van der Waals surface area contributed by atoms with E-state index < -0.39 is 22.0 Å². The predicted octanol–water partition coefficient (Wildman–Crippen LogP) is 5.22. The van der Waals surface area contributed by atoms with Gasteiger partial charge in [0.05, 0.1) is 16.1 Å². The average Bonchev–Trinajstić information content (AvgIpc) is 2.74. The van der Waals surface area contributed by atoms with Crippen LogP contribution in [0.4, 0.5) is 5.69 Å². The molecule has 162 valence electrons. The summed E-state index contributed by atoms with van der Waals surface area (Å²) in [5.41, 5.74) is 1.25. The molecule has 0 atom stereocenters. The van der Waals surface area contributed by atoms with Gasteiger partial charge >= 0.3 is 5.97 Å². The van der Waals surface area contributed by atoms with E-state index in [1.807, 2.05) is 0 Å². The van der Waals surface area contributed by atoms with Gasteiger partial charge in [0, 0.05) is 11.1 Å². The van der Waals surface area contributed by atoms with Crippen molar-refractivity contribution in [1.29, 1.82) is 0 Å². The second kappa shape index (κ2) is 9.41. The van der Waals surface area contributed by atoms with Crippen LogP contribution in [0.3, 0.4) is 0 Å². The Morgan fingerprint density at radius 3 is 2.26 bits per heavy atom. The summed E-state index contributed by atoms with van der Waals surface area (Å²) < 4.78 is 34.0. The average molecular weight is 460 g/mol. The molecule has 0 saturated carbocycles. The highest BCUT2D eigenvalue weighted by molar-refractivity contribution is 7.92. The number of hydrogen-bond acceptors (Lipinski definition) is 4. The molecule has 0 bridgehead atoms. The van der Waals surface area contributed by atoms with Gasteiger partial charge in [-0.05, 0) is 61.9 Å². The van der Waals surface area contributed by atoms with Crippen molar-refractivity contribution in [3.8, 4) is 5.75 Å². The van der Waals surface area contributed by atoms with Crippen LogP contribution in [0.1, 0.15) is 29.8 Å². The topological polar surface area (TPSA) is 83.9 Å². The molecule has 0 heterocycles. The van der Waals surface area contributed by atoms with Crippen LogP contribution in [-0.2, 0) is 16.6 Å². The van der Waals surface area contributed by atoms with Gasteiger partial charge in [-0.15, -0.1) is 0 Å². The Kier molecular flexibility index (Phi) is 6.87. The molecule has 0 aromatic heterocycles. The smallest absolute Gasteiger partial charge is 0.335 e. The molecule has 0 aliphatic heterocycles. The summed E-state index contributed by atoms with van der Waals surface area (Å²) in [6, 6.07) is 18.9.